The van der Waals surface area contributed by atoms with Gasteiger partial charge in [0.25, 0.3) is 0 Å². The van der Waals surface area contributed by atoms with E-state index in [2.05, 4.69) is 29.4 Å². The van der Waals surface area contributed by atoms with E-state index in [1.807, 2.05) is 18.3 Å². The fourth-order valence-corrected chi connectivity index (χ4v) is 2.93. The van der Waals surface area contributed by atoms with Crippen LogP contribution in [0.5, 0.6) is 0 Å². The van der Waals surface area contributed by atoms with Crippen molar-refractivity contribution in [1.29, 1.82) is 0 Å². The lowest BCUT2D eigenvalue weighted by Crippen LogP contribution is -2.32. The number of pyridine rings is 1. The molecule has 0 aliphatic heterocycles. The smallest absolute Gasteiger partial charge is 0.0719 e. The summed E-state index contributed by atoms with van der Waals surface area (Å²) in [6, 6.07) is 8.74. The number of fused-ring (bicyclic) bond motifs is 1. The summed E-state index contributed by atoms with van der Waals surface area (Å²) < 4.78 is 0. The zero-order chi connectivity index (χ0) is 13.2. The van der Waals surface area contributed by atoms with Gasteiger partial charge in [0, 0.05) is 22.6 Å². The molecule has 1 aliphatic rings. The van der Waals surface area contributed by atoms with Gasteiger partial charge in [-0.1, -0.05) is 24.6 Å². The predicted molar refractivity (Wildman–Crippen MR) is 80.6 cm³/mol. The minimum Gasteiger partial charge on any atom is -0.314 e. The van der Waals surface area contributed by atoms with Crippen LogP contribution in [0.25, 0.3) is 10.9 Å². The second kappa shape index (κ2) is 5.48. The van der Waals surface area contributed by atoms with Crippen LogP contribution in [-0.2, 0) is 6.42 Å². The Morgan fingerprint density at radius 3 is 2.95 bits per heavy atom. The highest BCUT2D eigenvalue weighted by atomic mass is 35.5. The molecule has 0 saturated heterocycles. The Balaban J connectivity index is 1.91. The van der Waals surface area contributed by atoms with Gasteiger partial charge >= 0.3 is 0 Å². The number of nitrogens with one attached hydrogen (secondary N) is 1. The van der Waals surface area contributed by atoms with Crippen molar-refractivity contribution in [1.82, 2.24) is 10.3 Å². The second-order valence-electron chi connectivity index (χ2n) is 5.34. The SMILES string of the molecule is CCNC(Cc1ccnc2cc(Cl)ccc12)C1CC1. The summed E-state index contributed by atoms with van der Waals surface area (Å²) in [5, 5.41) is 5.61. The van der Waals surface area contributed by atoms with Gasteiger partial charge in [-0.2, -0.15) is 0 Å². The predicted octanol–water partition coefficient (Wildman–Crippen LogP) is 3.82. The third-order valence-electron chi connectivity index (χ3n) is 3.89. The van der Waals surface area contributed by atoms with Gasteiger partial charge in [0.05, 0.1) is 5.52 Å². The molecule has 2 nitrogen and oxygen atoms in total. The van der Waals surface area contributed by atoms with Crippen LogP contribution in [0.15, 0.2) is 30.5 Å². The number of aromatic nitrogens is 1. The van der Waals surface area contributed by atoms with Crippen molar-refractivity contribution < 1.29 is 0 Å². The van der Waals surface area contributed by atoms with Gasteiger partial charge < -0.3 is 5.32 Å². The van der Waals surface area contributed by atoms with E-state index in [-0.39, 0.29) is 0 Å². The summed E-state index contributed by atoms with van der Waals surface area (Å²) in [6.07, 6.45) is 5.71. The maximum atomic E-state index is 6.03. The number of hydrogen-bond donors (Lipinski definition) is 1. The summed E-state index contributed by atoms with van der Waals surface area (Å²) >= 11 is 6.03. The van der Waals surface area contributed by atoms with Crippen molar-refractivity contribution in [3.05, 3.63) is 41.0 Å². The lowest BCUT2D eigenvalue weighted by atomic mass is 9.99. The van der Waals surface area contributed by atoms with Crippen molar-refractivity contribution >= 4 is 22.5 Å². The molecule has 1 aromatic carbocycles. The molecule has 1 aliphatic carbocycles. The summed E-state index contributed by atoms with van der Waals surface area (Å²) in [6.45, 7) is 3.22. The molecule has 2 aromatic rings. The normalized spacial score (nSPS) is 16.7. The van der Waals surface area contributed by atoms with Crippen LogP contribution in [-0.4, -0.2) is 17.6 Å². The molecule has 1 aromatic heterocycles. The zero-order valence-electron chi connectivity index (χ0n) is 11.2. The van der Waals surface area contributed by atoms with Gasteiger partial charge in [-0.05, 0) is 55.5 Å². The van der Waals surface area contributed by atoms with E-state index < -0.39 is 0 Å². The molecule has 1 heterocycles. The Morgan fingerprint density at radius 1 is 1.37 bits per heavy atom. The lowest BCUT2D eigenvalue weighted by Gasteiger charge is -2.18. The lowest BCUT2D eigenvalue weighted by molar-refractivity contribution is 0.473. The molecule has 0 radical (unpaired) electrons. The average molecular weight is 275 g/mol. The van der Waals surface area contributed by atoms with Crippen molar-refractivity contribution in [2.45, 2.75) is 32.2 Å². The van der Waals surface area contributed by atoms with E-state index >= 15 is 0 Å². The Hall–Kier alpha value is -1.12. The molecule has 0 bridgehead atoms. The van der Waals surface area contributed by atoms with E-state index in [9.17, 15) is 0 Å². The maximum Gasteiger partial charge on any atom is 0.0719 e. The highest BCUT2D eigenvalue weighted by molar-refractivity contribution is 6.31. The van der Waals surface area contributed by atoms with Gasteiger partial charge in [0.15, 0.2) is 0 Å². The minimum atomic E-state index is 0.603. The Kier molecular flexibility index (Phi) is 3.72. The van der Waals surface area contributed by atoms with Crippen molar-refractivity contribution in [3.8, 4) is 0 Å². The molecule has 1 saturated carbocycles. The molecule has 1 N–H and O–H groups in total. The third kappa shape index (κ3) is 2.90. The fourth-order valence-electron chi connectivity index (χ4n) is 2.76. The molecular formula is C16H19ClN2. The average Bonchev–Trinajstić information content (AvgIpc) is 3.22. The van der Waals surface area contributed by atoms with E-state index in [4.69, 9.17) is 11.6 Å². The van der Waals surface area contributed by atoms with Crippen LogP contribution in [0.4, 0.5) is 0 Å². The van der Waals surface area contributed by atoms with Gasteiger partial charge in [0.1, 0.15) is 0 Å². The molecule has 0 spiro atoms. The van der Waals surface area contributed by atoms with Gasteiger partial charge in [-0.15, -0.1) is 0 Å². The van der Waals surface area contributed by atoms with Crippen LogP contribution in [0.1, 0.15) is 25.3 Å². The first kappa shape index (κ1) is 12.9. The summed E-state index contributed by atoms with van der Waals surface area (Å²) in [5.41, 5.74) is 2.37. The molecule has 1 fully saturated rings. The number of nitrogens with zero attached hydrogens (tertiary/aromatic N) is 1. The first-order valence-corrected chi connectivity index (χ1v) is 7.42. The van der Waals surface area contributed by atoms with Crippen LogP contribution in [0, 0.1) is 5.92 Å². The van der Waals surface area contributed by atoms with Gasteiger partial charge in [-0.3, -0.25) is 4.98 Å². The number of benzene rings is 1. The first-order chi connectivity index (χ1) is 9.28. The van der Waals surface area contributed by atoms with Gasteiger partial charge in [-0.25, -0.2) is 0 Å². The van der Waals surface area contributed by atoms with Crippen LogP contribution in [0.3, 0.4) is 0 Å². The van der Waals surface area contributed by atoms with Crippen LogP contribution < -0.4 is 5.32 Å². The third-order valence-corrected chi connectivity index (χ3v) is 4.13. The molecule has 3 heteroatoms. The van der Waals surface area contributed by atoms with Crippen molar-refractivity contribution in [3.63, 3.8) is 0 Å². The highest BCUT2D eigenvalue weighted by Crippen LogP contribution is 2.35. The Labute approximate surface area is 119 Å². The summed E-state index contributed by atoms with van der Waals surface area (Å²) in [5.74, 6) is 0.857. The zero-order valence-corrected chi connectivity index (χ0v) is 12.0. The standard InChI is InChI=1S/C16H19ClN2/c1-2-18-15(11-3-4-11)9-12-7-8-19-16-10-13(17)5-6-14(12)16/h5-8,10-11,15,18H,2-4,9H2,1H3. The van der Waals surface area contributed by atoms with E-state index in [0.29, 0.717) is 6.04 Å². The molecule has 1 atom stereocenters. The Morgan fingerprint density at radius 2 is 2.21 bits per heavy atom. The van der Waals surface area contributed by atoms with Gasteiger partial charge in [0.2, 0.25) is 0 Å². The number of likely N-dealkylation sites (N-methyl/N-ethyl adjacent to an activating group) is 1. The Bertz CT molecular complexity index is 578. The van der Waals surface area contributed by atoms with Crippen molar-refractivity contribution in [2.75, 3.05) is 6.54 Å². The number of rotatable bonds is 5. The van der Waals surface area contributed by atoms with E-state index in [0.717, 1.165) is 29.4 Å². The summed E-state index contributed by atoms with van der Waals surface area (Å²) in [7, 11) is 0. The fraction of sp³-hybridized carbons (Fsp3) is 0.438. The monoisotopic (exact) mass is 274 g/mol. The van der Waals surface area contributed by atoms with Crippen LogP contribution >= 0.6 is 11.6 Å². The molecule has 0 amide bonds. The summed E-state index contributed by atoms with van der Waals surface area (Å²) in [4.78, 5) is 4.41. The largest absolute Gasteiger partial charge is 0.314 e. The number of hydrogen-bond acceptors (Lipinski definition) is 2. The quantitative estimate of drug-likeness (QED) is 0.897. The van der Waals surface area contributed by atoms with Crippen LogP contribution in [0.2, 0.25) is 5.02 Å². The molecule has 3 rings (SSSR count). The minimum absolute atomic E-state index is 0.603. The molecule has 19 heavy (non-hydrogen) atoms. The molecular weight excluding hydrogens is 256 g/mol. The van der Waals surface area contributed by atoms with Crippen molar-refractivity contribution in [2.24, 2.45) is 5.92 Å². The highest BCUT2D eigenvalue weighted by Gasteiger charge is 2.30. The maximum absolute atomic E-state index is 6.03. The van der Waals surface area contributed by atoms with E-state index in [1.54, 1.807) is 0 Å². The van der Waals surface area contributed by atoms with E-state index in [1.165, 1.54) is 23.8 Å². The number of halogens is 1. The molecule has 100 valence electrons. The first-order valence-electron chi connectivity index (χ1n) is 7.04. The molecule has 1 unspecified atom stereocenters. The second-order valence-corrected chi connectivity index (χ2v) is 5.77. The topological polar surface area (TPSA) is 24.9 Å².